The Morgan fingerprint density at radius 1 is 0.795 bits per heavy atom. The summed E-state index contributed by atoms with van der Waals surface area (Å²) < 4.78 is 0. The number of carboxylic acids is 2. The third-order valence-electron chi connectivity index (χ3n) is 13.8. The molecule has 5 rings (SSSR count). The number of fused-ring (bicyclic) bond motifs is 2. The molecule has 0 aliphatic heterocycles. The first kappa shape index (κ1) is 32.8. The van der Waals surface area contributed by atoms with Crippen molar-refractivity contribution >= 4 is 11.9 Å². The van der Waals surface area contributed by atoms with Gasteiger partial charge >= 0.3 is 11.9 Å². The summed E-state index contributed by atoms with van der Waals surface area (Å²) in [6.07, 6.45) is 25.8. The third kappa shape index (κ3) is 5.22. The molecule has 5 aliphatic carbocycles. The van der Waals surface area contributed by atoms with Gasteiger partial charge in [0.15, 0.2) is 0 Å². The van der Waals surface area contributed by atoms with Gasteiger partial charge in [-0.3, -0.25) is 9.59 Å². The predicted octanol–water partition coefficient (Wildman–Crippen LogP) is 10.1. The lowest BCUT2D eigenvalue weighted by Gasteiger charge is -2.56. The van der Waals surface area contributed by atoms with Gasteiger partial charge in [-0.2, -0.15) is 0 Å². The van der Waals surface area contributed by atoms with Crippen LogP contribution >= 0.6 is 0 Å². The molecule has 0 saturated heterocycles. The van der Waals surface area contributed by atoms with Crippen molar-refractivity contribution in [2.75, 3.05) is 0 Å². The van der Waals surface area contributed by atoms with Crippen LogP contribution in [-0.2, 0) is 9.59 Å². The summed E-state index contributed by atoms with van der Waals surface area (Å²) in [5.41, 5.74) is 2.06. The monoisotopic (exact) mass is 600 g/mol. The summed E-state index contributed by atoms with van der Waals surface area (Å²) in [6.45, 7) is 21.9. The van der Waals surface area contributed by atoms with E-state index in [9.17, 15) is 19.8 Å². The zero-order chi connectivity index (χ0) is 32.1. The van der Waals surface area contributed by atoms with Crippen LogP contribution in [-0.4, -0.2) is 22.2 Å². The molecule has 0 bridgehead atoms. The van der Waals surface area contributed by atoms with Gasteiger partial charge in [0.05, 0.1) is 10.8 Å². The zero-order valence-electron chi connectivity index (χ0n) is 27.8. The zero-order valence-corrected chi connectivity index (χ0v) is 27.8. The fraction of sp³-hybridized carbons (Fsp3) is 0.650. The number of allylic oxidation sites excluding steroid dienone is 9. The van der Waals surface area contributed by atoms with E-state index in [1.807, 2.05) is 13.8 Å². The van der Waals surface area contributed by atoms with Crippen LogP contribution in [0.3, 0.4) is 0 Å². The molecule has 4 heteroatoms. The minimum absolute atomic E-state index is 0.0976. The molecule has 4 fully saturated rings. The molecule has 4 saturated carbocycles. The highest BCUT2D eigenvalue weighted by molar-refractivity contribution is 5.75. The molecule has 0 heterocycles. The van der Waals surface area contributed by atoms with Crippen LogP contribution in [0.2, 0.25) is 0 Å². The Labute approximate surface area is 266 Å². The second-order valence-electron chi connectivity index (χ2n) is 16.3. The normalized spacial score (nSPS) is 44.6. The van der Waals surface area contributed by atoms with Crippen molar-refractivity contribution in [3.63, 3.8) is 0 Å². The molecule has 44 heavy (non-hydrogen) atoms. The standard InChI is InChI=1S/C40H56O4/c1-8-40(25-19-31-28(3)14-18-33-37(31,5)21-11-23-39(33,7)35(43)44)24-9-12-29(26-40)15-16-30-27(2)13-17-32-36(30,4)20-10-22-38(32,6)34(41)42/h8,12,15-16,19,25,30-33H,1-3,9-11,13-14,17-18,20-24,26H2,4-7H3,(H,41,42)(H,43,44). The van der Waals surface area contributed by atoms with Crippen LogP contribution in [0.1, 0.15) is 111 Å². The second-order valence-corrected chi connectivity index (χ2v) is 16.3. The van der Waals surface area contributed by atoms with E-state index in [-0.39, 0.29) is 39.9 Å². The Balaban J connectivity index is 1.37. The van der Waals surface area contributed by atoms with Crippen molar-refractivity contribution in [1.29, 1.82) is 0 Å². The van der Waals surface area contributed by atoms with E-state index >= 15 is 0 Å². The van der Waals surface area contributed by atoms with Crippen molar-refractivity contribution in [1.82, 2.24) is 0 Å². The van der Waals surface area contributed by atoms with E-state index in [2.05, 4.69) is 70.0 Å². The van der Waals surface area contributed by atoms with Gasteiger partial charge in [-0.05, 0) is 107 Å². The molecule has 240 valence electrons. The molecule has 0 spiro atoms. The minimum atomic E-state index is -0.680. The molecule has 5 aliphatic rings. The Morgan fingerprint density at radius 2 is 1.30 bits per heavy atom. The lowest BCUT2D eigenvalue weighted by Crippen LogP contribution is -2.53. The summed E-state index contributed by atoms with van der Waals surface area (Å²) in [5, 5.41) is 20.5. The highest BCUT2D eigenvalue weighted by atomic mass is 16.4. The van der Waals surface area contributed by atoms with Crippen LogP contribution in [0.5, 0.6) is 0 Å². The topological polar surface area (TPSA) is 74.6 Å². The molecule has 9 atom stereocenters. The lowest BCUT2D eigenvalue weighted by molar-refractivity contribution is -0.163. The number of hydrogen-bond donors (Lipinski definition) is 2. The van der Waals surface area contributed by atoms with Crippen molar-refractivity contribution < 1.29 is 19.8 Å². The van der Waals surface area contributed by atoms with Gasteiger partial charge in [0.2, 0.25) is 0 Å². The number of rotatable bonds is 7. The SMILES string of the molecule is C=CC1(C=CC2C(=C)CCC3C(C)(C(=O)O)CCCC23C)CCC=C(C=CC2C(=C)CCC3C(C)(C(=O)O)CCCC23C)C1. The van der Waals surface area contributed by atoms with E-state index in [0.29, 0.717) is 0 Å². The summed E-state index contributed by atoms with van der Waals surface area (Å²) in [5.74, 6) is -0.673. The van der Waals surface area contributed by atoms with Gasteiger partial charge < -0.3 is 10.2 Å². The Bertz CT molecular complexity index is 1320. The Kier molecular flexibility index (Phi) is 8.66. The molecule has 2 N–H and O–H groups in total. The molecule has 9 unspecified atom stereocenters. The molecule has 0 amide bonds. The van der Waals surface area contributed by atoms with E-state index in [4.69, 9.17) is 0 Å². The summed E-state index contributed by atoms with van der Waals surface area (Å²) in [4.78, 5) is 24.9. The second kappa shape index (κ2) is 11.6. The molecular formula is C40H56O4. The van der Waals surface area contributed by atoms with Crippen molar-refractivity contribution in [2.45, 2.75) is 111 Å². The van der Waals surface area contributed by atoms with Crippen molar-refractivity contribution in [3.8, 4) is 0 Å². The number of aliphatic carboxylic acids is 2. The fourth-order valence-corrected chi connectivity index (χ4v) is 11.1. The fourth-order valence-electron chi connectivity index (χ4n) is 11.1. The summed E-state index contributed by atoms with van der Waals surface area (Å²) >= 11 is 0. The molecule has 0 aromatic rings. The average molecular weight is 601 g/mol. The first-order valence-electron chi connectivity index (χ1n) is 17.2. The molecule has 0 radical (unpaired) electrons. The van der Waals surface area contributed by atoms with Gasteiger partial charge in [-0.15, -0.1) is 6.58 Å². The molecule has 0 aromatic heterocycles. The molecular weight excluding hydrogens is 544 g/mol. The van der Waals surface area contributed by atoms with Gasteiger partial charge in [-0.1, -0.05) is 93.0 Å². The maximum absolute atomic E-state index is 12.5. The third-order valence-corrected chi connectivity index (χ3v) is 13.8. The molecule has 4 nitrogen and oxygen atoms in total. The van der Waals surface area contributed by atoms with Crippen LogP contribution in [0.4, 0.5) is 0 Å². The summed E-state index contributed by atoms with van der Waals surface area (Å²) in [6, 6.07) is 0. The lowest BCUT2D eigenvalue weighted by atomic mass is 9.47. The number of hydrogen-bond acceptors (Lipinski definition) is 2. The smallest absolute Gasteiger partial charge is 0.309 e. The maximum Gasteiger partial charge on any atom is 0.309 e. The quantitative estimate of drug-likeness (QED) is 0.285. The van der Waals surface area contributed by atoms with E-state index < -0.39 is 22.8 Å². The van der Waals surface area contributed by atoms with Crippen LogP contribution in [0.25, 0.3) is 0 Å². The van der Waals surface area contributed by atoms with E-state index in [1.165, 1.54) is 16.7 Å². The van der Waals surface area contributed by atoms with Gasteiger partial charge in [-0.25, -0.2) is 0 Å². The van der Waals surface area contributed by atoms with Gasteiger partial charge in [0.25, 0.3) is 0 Å². The first-order chi connectivity index (χ1) is 20.6. The summed E-state index contributed by atoms with van der Waals surface area (Å²) in [7, 11) is 0. The van der Waals surface area contributed by atoms with Crippen LogP contribution in [0.15, 0.2) is 72.9 Å². The van der Waals surface area contributed by atoms with Crippen LogP contribution in [0, 0.1) is 50.7 Å². The Hall–Kier alpha value is -2.62. The largest absolute Gasteiger partial charge is 0.481 e. The van der Waals surface area contributed by atoms with Crippen LogP contribution < -0.4 is 0 Å². The average Bonchev–Trinajstić information content (AvgIpc) is 2.96. The first-order valence-corrected chi connectivity index (χ1v) is 17.2. The van der Waals surface area contributed by atoms with Crippen molar-refractivity contribution in [3.05, 3.63) is 72.9 Å². The van der Waals surface area contributed by atoms with Gasteiger partial charge in [0, 0.05) is 17.3 Å². The highest BCUT2D eigenvalue weighted by Crippen LogP contribution is 2.63. The number of carboxylic acid groups (broad SMARTS) is 2. The Morgan fingerprint density at radius 3 is 1.77 bits per heavy atom. The minimum Gasteiger partial charge on any atom is -0.481 e. The highest BCUT2D eigenvalue weighted by Gasteiger charge is 2.58. The van der Waals surface area contributed by atoms with E-state index in [1.54, 1.807) is 0 Å². The maximum atomic E-state index is 12.5. The van der Waals surface area contributed by atoms with Crippen molar-refractivity contribution in [2.24, 2.45) is 50.7 Å². The number of carbonyl (C=O) groups is 2. The van der Waals surface area contributed by atoms with E-state index in [0.717, 1.165) is 83.5 Å². The molecule has 0 aromatic carbocycles. The predicted molar refractivity (Wildman–Crippen MR) is 179 cm³/mol. The van der Waals surface area contributed by atoms with Gasteiger partial charge in [0.1, 0.15) is 0 Å².